The Hall–Kier alpha value is -1.80. The number of hydrogen-bond donors (Lipinski definition) is 0. The summed E-state index contributed by atoms with van der Waals surface area (Å²) >= 11 is 0. The van der Waals surface area contributed by atoms with Gasteiger partial charge in [-0.1, -0.05) is 6.92 Å². The van der Waals surface area contributed by atoms with Gasteiger partial charge in [0, 0.05) is 17.7 Å². The van der Waals surface area contributed by atoms with Crippen LogP contribution in [0.1, 0.15) is 19.0 Å². The minimum Gasteiger partial charge on any atom is -0.270 e. The van der Waals surface area contributed by atoms with E-state index in [0.717, 1.165) is 31.0 Å². The highest BCUT2D eigenvalue weighted by molar-refractivity contribution is 7.85. The van der Waals surface area contributed by atoms with Crippen LogP contribution >= 0.6 is 0 Å². The largest absolute Gasteiger partial charge is 0.270 e. The highest BCUT2D eigenvalue weighted by Gasteiger charge is 2.32. The molecule has 8 heteroatoms. The fourth-order valence-electron chi connectivity index (χ4n) is 2.68. The van der Waals surface area contributed by atoms with E-state index in [-0.39, 0.29) is 17.8 Å². The van der Waals surface area contributed by atoms with Crippen LogP contribution in [0.3, 0.4) is 0 Å². The molecule has 3 rings (SSSR count). The summed E-state index contributed by atoms with van der Waals surface area (Å²) in [7, 11) is -3.46. The Morgan fingerprint density at radius 2 is 2.17 bits per heavy atom. The first kappa shape index (κ1) is 16.1. The van der Waals surface area contributed by atoms with Crippen molar-refractivity contribution in [2.45, 2.75) is 26.3 Å². The molecule has 0 N–H and O–H groups in total. The number of rotatable bonds is 4. The first-order chi connectivity index (χ1) is 10.7. The summed E-state index contributed by atoms with van der Waals surface area (Å²) in [5.74, 6) is -0.386. The molecule has 124 valence electrons. The maximum Gasteiger partial charge on any atom is 0.264 e. The average molecular weight is 339 g/mol. The molecule has 0 bridgehead atoms. The van der Waals surface area contributed by atoms with Gasteiger partial charge in [-0.2, -0.15) is 13.5 Å². The zero-order chi connectivity index (χ0) is 16.7. The fraction of sp³-hybridized carbons (Fsp3) is 0.467. The van der Waals surface area contributed by atoms with Crippen molar-refractivity contribution in [3.8, 4) is 11.4 Å². The number of aryl methyl sites for hydroxylation is 1. The molecule has 23 heavy (non-hydrogen) atoms. The standard InChI is InChI=1S/C15H18FN3O3S/c1-15(10-22-23(2,20)21)6-5-12-7-14(18-19(12)9-15)13-4-3-11(16)8-17-13/h3-4,7-8H,5-6,9-10H2,1-2H3. The molecule has 0 saturated carbocycles. The van der Waals surface area contributed by atoms with E-state index in [0.29, 0.717) is 17.9 Å². The summed E-state index contributed by atoms with van der Waals surface area (Å²) in [5.41, 5.74) is 2.06. The van der Waals surface area contributed by atoms with Crippen LogP contribution in [0.25, 0.3) is 11.4 Å². The maximum absolute atomic E-state index is 13.0. The molecule has 1 atom stereocenters. The summed E-state index contributed by atoms with van der Waals surface area (Å²) in [6, 6.07) is 4.89. The summed E-state index contributed by atoms with van der Waals surface area (Å²) < 4.78 is 42.2. The highest BCUT2D eigenvalue weighted by Crippen LogP contribution is 2.33. The predicted molar refractivity (Wildman–Crippen MR) is 82.6 cm³/mol. The lowest BCUT2D eigenvalue weighted by Crippen LogP contribution is -2.35. The minimum atomic E-state index is -3.46. The van der Waals surface area contributed by atoms with Crippen molar-refractivity contribution < 1.29 is 17.0 Å². The third-order valence-corrected chi connectivity index (χ3v) is 4.54. The number of pyridine rings is 1. The third-order valence-electron chi connectivity index (χ3n) is 3.99. The van der Waals surface area contributed by atoms with Gasteiger partial charge < -0.3 is 0 Å². The topological polar surface area (TPSA) is 74.1 Å². The molecule has 0 aromatic carbocycles. The van der Waals surface area contributed by atoms with Crippen molar-refractivity contribution in [1.82, 2.24) is 14.8 Å². The Morgan fingerprint density at radius 1 is 1.39 bits per heavy atom. The van der Waals surface area contributed by atoms with E-state index >= 15 is 0 Å². The zero-order valence-electron chi connectivity index (χ0n) is 13.0. The molecule has 6 nitrogen and oxygen atoms in total. The second-order valence-electron chi connectivity index (χ2n) is 6.32. The lowest BCUT2D eigenvalue weighted by Gasteiger charge is -2.33. The van der Waals surface area contributed by atoms with Gasteiger partial charge in [-0.05, 0) is 31.0 Å². The smallest absolute Gasteiger partial charge is 0.264 e. The van der Waals surface area contributed by atoms with E-state index in [1.165, 1.54) is 6.07 Å². The Kier molecular flexibility index (Phi) is 3.97. The Morgan fingerprint density at radius 3 is 2.83 bits per heavy atom. The molecule has 0 fully saturated rings. The molecule has 1 aliphatic heterocycles. The molecular formula is C15H18FN3O3S. The van der Waals surface area contributed by atoms with E-state index in [1.54, 1.807) is 6.07 Å². The summed E-state index contributed by atoms with van der Waals surface area (Å²) in [4.78, 5) is 4.04. The minimum absolute atomic E-state index is 0.134. The van der Waals surface area contributed by atoms with Gasteiger partial charge in [0.05, 0.1) is 24.8 Å². The maximum atomic E-state index is 13.0. The number of fused-ring (bicyclic) bond motifs is 1. The van der Waals surface area contributed by atoms with Gasteiger partial charge in [-0.15, -0.1) is 0 Å². The first-order valence-electron chi connectivity index (χ1n) is 7.27. The zero-order valence-corrected chi connectivity index (χ0v) is 13.8. The highest BCUT2D eigenvalue weighted by atomic mass is 32.2. The molecule has 0 aliphatic carbocycles. The van der Waals surface area contributed by atoms with Gasteiger partial charge >= 0.3 is 0 Å². The molecule has 0 amide bonds. The van der Waals surface area contributed by atoms with E-state index in [1.807, 2.05) is 17.7 Å². The van der Waals surface area contributed by atoms with Crippen molar-refractivity contribution in [3.05, 3.63) is 35.9 Å². The molecule has 3 heterocycles. The molecular weight excluding hydrogens is 321 g/mol. The van der Waals surface area contributed by atoms with Crippen LogP contribution in [0.15, 0.2) is 24.4 Å². The molecule has 1 aliphatic rings. The molecule has 0 spiro atoms. The average Bonchev–Trinajstić information content (AvgIpc) is 2.88. The van der Waals surface area contributed by atoms with Gasteiger partial charge in [0.1, 0.15) is 11.5 Å². The van der Waals surface area contributed by atoms with Crippen LogP contribution in [0.5, 0.6) is 0 Å². The van der Waals surface area contributed by atoms with Crippen molar-refractivity contribution in [2.75, 3.05) is 12.9 Å². The molecule has 1 unspecified atom stereocenters. The molecule has 0 radical (unpaired) electrons. The summed E-state index contributed by atoms with van der Waals surface area (Å²) in [5, 5.41) is 4.52. The summed E-state index contributed by atoms with van der Waals surface area (Å²) in [6.07, 6.45) is 3.80. The van der Waals surface area contributed by atoms with Crippen molar-refractivity contribution >= 4 is 10.1 Å². The number of halogens is 1. The van der Waals surface area contributed by atoms with Crippen LogP contribution in [0.4, 0.5) is 4.39 Å². The van der Waals surface area contributed by atoms with Gasteiger partial charge in [0.2, 0.25) is 0 Å². The summed E-state index contributed by atoms with van der Waals surface area (Å²) in [6.45, 7) is 2.69. The van der Waals surface area contributed by atoms with Crippen LogP contribution in [0, 0.1) is 11.2 Å². The Bertz CT molecular complexity index is 817. The van der Waals surface area contributed by atoms with Gasteiger partial charge in [-0.3, -0.25) is 13.8 Å². The lowest BCUT2D eigenvalue weighted by atomic mass is 9.83. The number of hydrogen-bond acceptors (Lipinski definition) is 5. The van der Waals surface area contributed by atoms with Gasteiger partial charge in [0.25, 0.3) is 10.1 Å². The van der Waals surface area contributed by atoms with Gasteiger partial charge in [0.15, 0.2) is 0 Å². The second kappa shape index (κ2) is 5.68. The monoisotopic (exact) mass is 339 g/mol. The first-order valence-corrected chi connectivity index (χ1v) is 9.09. The van der Waals surface area contributed by atoms with E-state index in [2.05, 4.69) is 10.1 Å². The van der Waals surface area contributed by atoms with Crippen LogP contribution < -0.4 is 0 Å². The second-order valence-corrected chi connectivity index (χ2v) is 7.96. The van der Waals surface area contributed by atoms with E-state index in [4.69, 9.17) is 4.18 Å². The molecule has 0 saturated heterocycles. The van der Waals surface area contributed by atoms with E-state index < -0.39 is 10.1 Å². The lowest BCUT2D eigenvalue weighted by molar-refractivity contribution is 0.116. The number of aromatic nitrogens is 3. The van der Waals surface area contributed by atoms with Gasteiger partial charge in [-0.25, -0.2) is 4.39 Å². The van der Waals surface area contributed by atoms with Crippen LogP contribution in [0.2, 0.25) is 0 Å². The molecule has 2 aromatic rings. The normalized spacial score (nSPS) is 21.2. The fourth-order valence-corrected chi connectivity index (χ4v) is 3.18. The van der Waals surface area contributed by atoms with E-state index in [9.17, 15) is 12.8 Å². The van der Waals surface area contributed by atoms with Crippen LogP contribution in [-0.2, 0) is 27.3 Å². The third kappa shape index (κ3) is 3.76. The number of nitrogens with zero attached hydrogens (tertiary/aromatic N) is 3. The van der Waals surface area contributed by atoms with Crippen molar-refractivity contribution in [2.24, 2.45) is 5.41 Å². The molecule has 2 aromatic heterocycles. The Labute approximate surface area is 134 Å². The SMILES string of the molecule is CC1(COS(C)(=O)=O)CCc2cc(-c3ccc(F)cn3)nn2C1. The predicted octanol–water partition coefficient (Wildman–Crippen LogP) is 2.01. The van der Waals surface area contributed by atoms with Crippen LogP contribution in [-0.4, -0.2) is 36.0 Å². The Balaban J connectivity index is 1.80. The van der Waals surface area contributed by atoms with Crippen molar-refractivity contribution in [3.63, 3.8) is 0 Å². The quantitative estimate of drug-likeness (QED) is 0.797. The van der Waals surface area contributed by atoms with Crippen molar-refractivity contribution in [1.29, 1.82) is 0 Å².